The van der Waals surface area contributed by atoms with Crippen LogP contribution in [0.2, 0.25) is 0 Å². The van der Waals surface area contributed by atoms with Crippen molar-refractivity contribution in [1.29, 1.82) is 0 Å². The van der Waals surface area contributed by atoms with E-state index in [1.165, 1.54) is 36.0 Å². The molecule has 0 spiro atoms. The van der Waals surface area contributed by atoms with E-state index in [4.69, 9.17) is 9.73 Å². The molecule has 1 heterocycles. The van der Waals surface area contributed by atoms with E-state index in [-0.39, 0.29) is 18.2 Å². The van der Waals surface area contributed by atoms with Gasteiger partial charge in [-0.05, 0) is 60.8 Å². The van der Waals surface area contributed by atoms with Crippen LogP contribution in [0.25, 0.3) is 6.08 Å². The number of benzene rings is 1. The van der Waals surface area contributed by atoms with Crippen molar-refractivity contribution >= 4 is 11.8 Å². The number of nitrogens with zero attached hydrogens (tertiary/aromatic N) is 1. The first-order chi connectivity index (χ1) is 16.7. The zero-order valence-corrected chi connectivity index (χ0v) is 20.3. The predicted octanol–water partition coefficient (Wildman–Crippen LogP) is 6.27. The maximum atomic E-state index is 10.8. The Hall–Kier alpha value is -2.59. The third-order valence-corrected chi connectivity index (χ3v) is 7.67. The molecule has 1 aromatic rings. The summed E-state index contributed by atoms with van der Waals surface area (Å²) in [6.45, 7) is 2.94. The molecule has 3 aliphatic carbocycles. The van der Waals surface area contributed by atoms with Gasteiger partial charge in [-0.1, -0.05) is 74.8 Å². The molecule has 5 atom stereocenters. The SMILES string of the molecule is CCCCCCOC1=CC(C2=Cc3ccccc3C3C=CCCC23)=NC(C2C=CCCC2O)N1. The summed E-state index contributed by atoms with van der Waals surface area (Å²) in [7, 11) is 0. The Balaban J connectivity index is 1.47. The number of allylic oxidation sites excluding steroid dienone is 5. The van der Waals surface area contributed by atoms with Crippen molar-refractivity contribution in [1.82, 2.24) is 5.32 Å². The van der Waals surface area contributed by atoms with Crippen LogP contribution in [0.15, 0.2) is 71.1 Å². The van der Waals surface area contributed by atoms with Crippen molar-refractivity contribution in [3.63, 3.8) is 0 Å². The molecule has 0 aromatic heterocycles. The van der Waals surface area contributed by atoms with Crippen molar-refractivity contribution in [2.24, 2.45) is 16.8 Å². The number of aliphatic imine (C=N–C) groups is 1. The third-order valence-electron chi connectivity index (χ3n) is 7.67. The van der Waals surface area contributed by atoms with Gasteiger partial charge in [-0.3, -0.25) is 4.99 Å². The van der Waals surface area contributed by atoms with Crippen molar-refractivity contribution in [3.8, 4) is 0 Å². The van der Waals surface area contributed by atoms with Crippen LogP contribution in [0.3, 0.4) is 0 Å². The summed E-state index contributed by atoms with van der Waals surface area (Å²) < 4.78 is 6.23. The minimum absolute atomic E-state index is 0.0466. The van der Waals surface area contributed by atoms with Crippen LogP contribution in [0.4, 0.5) is 0 Å². The average molecular weight is 459 g/mol. The summed E-state index contributed by atoms with van der Waals surface area (Å²) in [5.74, 6) is 1.56. The number of ether oxygens (including phenoxy) is 1. The number of nitrogens with one attached hydrogen (secondary N) is 1. The fraction of sp³-hybridized carbons (Fsp3) is 0.500. The first-order valence-corrected chi connectivity index (χ1v) is 13.3. The van der Waals surface area contributed by atoms with Crippen molar-refractivity contribution in [2.75, 3.05) is 6.61 Å². The lowest BCUT2D eigenvalue weighted by Crippen LogP contribution is -2.44. The molecule has 4 heteroatoms. The highest BCUT2D eigenvalue weighted by Crippen LogP contribution is 2.45. The second-order valence-electron chi connectivity index (χ2n) is 10.0. The quantitative estimate of drug-likeness (QED) is 0.357. The number of aliphatic hydroxyl groups excluding tert-OH is 1. The molecular weight excluding hydrogens is 420 g/mol. The van der Waals surface area contributed by atoms with Gasteiger partial charge in [0.1, 0.15) is 6.17 Å². The van der Waals surface area contributed by atoms with E-state index in [0.717, 1.165) is 43.7 Å². The normalized spacial score (nSPS) is 29.8. The Kier molecular flexibility index (Phi) is 7.34. The molecular formula is C30H38N2O2. The molecule has 0 radical (unpaired) electrons. The Bertz CT molecular complexity index is 1020. The van der Waals surface area contributed by atoms with E-state index in [1.54, 1.807) is 0 Å². The summed E-state index contributed by atoms with van der Waals surface area (Å²) >= 11 is 0. The number of hydrogen-bond donors (Lipinski definition) is 2. The summed E-state index contributed by atoms with van der Waals surface area (Å²) in [4.78, 5) is 5.20. The fourth-order valence-electron chi connectivity index (χ4n) is 5.81. The number of unbranched alkanes of at least 4 members (excludes halogenated alkanes) is 3. The van der Waals surface area contributed by atoms with Gasteiger partial charge in [0.2, 0.25) is 0 Å². The van der Waals surface area contributed by atoms with Gasteiger partial charge in [-0.2, -0.15) is 0 Å². The highest BCUT2D eigenvalue weighted by Gasteiger charge is 2.36. The molecule has 0 fully saturated rings. The van der Waals surface area contributed by atoms with Gasteiger partial charge in [0.15, 0.2) is 5.88 Å². The van der Waals surface area contributed by atoms with E-state index in [9.17, 15) is 5.11 Å². The van der Waals surface area contributed by atoms with Gasteiger partial charge in [0.05, 0.1) is 18.4 Å². The molecule has 5 unspecified atom stereocenters. The average Bonchev–Trinajstić information content (AvgIpc) is 2.88. The molecule has 0 bridgehead atoms. The highest BCUT2D eigenvalue weighted by atomic mass is 16.5. The summed E-state index contributed by atoms with van der Waals surface area (Å²) in [6.07, 6.45) is 21.5. The maximum Gasteiger partial charge on any atom is 0.190 e. The molecule has 180 valence electrons. The monoisotopic (exact) mass is 458 g/mol. The highest BCUT2D eigenvalue weighted by molar-refractivity contribution is 6.12. The molecule has 0 amide bonds. The molecule has 4 aliphatic rings. The lowest BCUT2D eigenvalue weighted by molar-refractivity contribution is 0.0895. The molecule has 34 heavy (non-hydrogen) atoms. The van der Waals surface area contributed by atoms with E-state index < -0.39 is 0 Å². The van der Waals surface area contributed by atoms with Crippen LogP contribution >= 0.6 is 0 Å². The van der Waals surface area contributed by atoms with Crippen LogP contribution in [-0.2, 0) is 4.74 Å². The largest absolute Gasteiger partial charge is 0.479 e. The van der Waals surface area contributed by atoms with E-state index in [2.05, 4.69) is 73.0 Å². The molecule has 0 saturated heterocycles. The molecule has 4 nitrogen and oxygen atoms in total. The topological polar surface area (TPSA) is 53.9 Å². The van der Waals surface area contributed by atoms with Gasteiger partial charge in [-0.25, -0.2) is 0 Å². The van der Waals surface area contributed by atoms with Crippen molar-refractivity contribution < 1.29 is 9.84 Å². The maximum absolute atomic E-state index is 10.8. The minimum Gasteiger partial charge on any atom is -0.479 e. The van der Waals surface area contributed by atoms with Gasteiger partial charge >= 0.3 is 0 Å². The summed E-state index contributed by atoms with van der Waals surface area (Å²) in [5, 5.41) is 14.3. The molecule has 2 N–H and O–H groups in total. The minimum atomic E-state index is -0.386. The van der Waals surface area contributed by atoms with Crippen molar-refractivity contribution in [2.45, 2.75) is 76.5 Å². The van der Waals surface area contributed by atoms with Crippen LogP contribution in [-0.4, -0.2) is 29.7 Å². The van der Waals surface area contributed by atoms with Crippen LogP contribution in [0.1, 0.15) is 75.3 Å². The number of fused-ring (bicyclic) bond motifs is 3. The Labute approximate surface area is 204 Å². The van der Waals surface area contributed by atoms with Crippen LogP contribution in [0, 0.1) is 11.8 Å². The van der Waals surface area contributed by atoms with Gasteiger partial charge in [0, 0.05) is 17.9 Å². The van der Waals surface area contributed by atoms with E-state index >= 15 is 0 Å². The van der Waals surface area contributed by atoms with Crippen LogP contribution < -0.4 is 5.32 Å². The zero-order chi connectivity index (χ0) is 23.3. The Morgan fingerprint density at radius 1 is 1.03 bits per heavy atom. The number of hydrogen-bond acceptors (Lipinski definition) is 4. The lowest BCUT2D eigenvalue weighted by atomic mass is 9.69. The zero-order valence-electron chi connectivity index (χ0n) is 20.3. The lowest BCUT2D eigenvalue weighted by Gasteiger charge is -2.37. The Morgan fingerprint density at radius 3 is 2.76 bits per heavy atom. The smallest absolute Gasteiger partial charge is 0.190 e. The molecule has 5 rings (SSSR count). The third kappa shape index (κ3) is 4.93. The second kappa shape index (κ2) is 10.8. The van der Waals surface area contributed by atoms with E-state index in [1.807, 2.05) is 0 Å². The first kappa shape index (κ1) is 23.2. The van der Waals surface area contributed by atoms with Gasteiger partial charge < -0.3 is 15.2 Å². The number of aliphatic hydroxyl groups is 1. The molecule has 1 aromatic carbocycles. The Morgan fingerprint density at radius 2 is 1.88 bits per heavy atom. The number of rotatable bonds is 8. The van der Waals surface area contributed by atoms with E-state index in [0.29, 0.717) is 18.4 Å². The van der Waals surface area contributed by atoms with Gasteiger partial charge in [0.25, 0.3) is 0 Å². The molecule has 0 saturated carbocycles. The van der Waals surface area contributed by atoms with Crippen molar-refractivity contribution in [3.05, 3.63) is 77.2 Å². The standard InChI is InChI=1S/C30H38N2O2/c1-2-3-4-11-18-34-29-20-27(31-30(32-29)25-16-9-10-17-28(25)33)26-19-21-12-5-6-13-22(21)23-14-7-8-15-24(23)26/h5-7,9,12-14,16,19-20,23-25,28,30,32-33H,2-4,8,10-11,15,17-18H2,1H3. The summed E-state index contributed by atoms with van der Waals surface area (Å²) in [6, 6.07) is 8.76. The first-order valence-electron chi connectivity index (χ1n) is 13.3. The summed E-state index contributed by atoms with van der Waals surface area (Å²) in [5.41, 5.74) is 5.02. The second-order valence-corrected chi connectivity index (χ2v) is 10.0. The van der Waals surface area contributed by atoms with Crippen LogP contribution in [0.5, 0.6) is 0 Å². The van der Waals surface area contributed by atoms with Gasteiger partial charge in [-0.15, -0.1) is 0 Å². The predicted molar refractivity (Wildman–Crippen MR) is 139 cm³/mol. The fourth-order valence-corrected chi connectivity index (χ4v) is 5.81. The molecule has 1 aliphatic heterocycles.